The minimum absolute atomic E-state index is 0. The van der Waals surface area contributed by atoms with Crippen molar-refractivity contribution >= 4 is 41.3 Å². The number of aldehydes is 1. The van der Waals surface area contributed by atoms with Gasteiger partial charge in [-0.25, -0.2) is 0 Å². The fourth-order valence-electron chi connectivity index (χ4n) is 0.364. The molecule has 9 heavy (non-hydrogen) atoms. The van der Waals surface area contributed by atoms with Gasteiger partial charge in [-0.1, -0.05) is 0 Å². The Morgan fingerprint density at radius 1 is 1.78 bits per heavy atom. The zero-order valence-corrected chi connectivity index (χ0v) is 7.27. The summed E-state index contributed by atoms with van der Waals surface area (Å²) in [6.45, 7) is 0. The smallest absolute Gasteiger partial charge is 0.168 e. The van der Waals surface area contributed by atoms with Crippen LogP contribution >= 0.6 is 35.0 Å². The van der Waals surface area contributed by atoms with Crippen LogP contribution in [0.2, 0.25) is 0 Å². The lowest BCUT2D eigenvalue weighted by atomic mass is 10.5. The summed E-state index contributed by atoms with van der Waals surface area (Å²) < 4.78 is 0.859. The summed E-state index contributed by atoms with van der Waals surface area (Å²) in [5, 5.41) is 6.16. The van der Waals surface area contributed by atoms with Gasteiger partial charge in [0.05, 0.1) is 9.77 Å². The quantitative estimate of drug-likeness (QED) is 0.609. The summed E-state index contributed by atoms with van der Waals surface area (Å²) >= 11 is 2.03. The molecule has 0 radical (unpaired) electrons. The van der Waals surface area contributed by atoms with E-state index in [0.717, 1.165) is 9.86 Å². The number of hydrogen-bond acceptors (Lipinski definition) is 2. The zero-order chi connectivity index (χ0) is 5.98. The van der Waals surface area contributed by atoms with E-state index in [1.165, 1.54) is 0 Å². The summed E-state index contributed by atoms with van der Waals surface area (Å²) in [5.41, 5.74) is 0.547. The van der Waals surface area contributed by atoms with E-state index in [0.29, 0.717) is 5.69 Å². The number of aromatic nitrogens is 2. The van der Waals surface area contributed by atoms with Crippen LogP contribution in [0.15, 0.2) is 6.20 Å². The summed E-state index contributed by atoms with van der Waals surface area (Å²) in [6.07, 6.45) is 2.35. The van der Waals surface area contributed by atoms with E-state index < -0.39 is 0 Å². The lowest BCUT2D eigenvalue weighted by Crippen LogP contribution is -1.80. The maximum Gasteiger partial charge on any atom is 0.168 e. The Morgan fingerprint density at radius 3 is 2.67 bits per heavy atom. The van der Waals surface area contributed by atoms with E-state index >= 15 is 0 Å². The van der Waals surface area contributed by atoms with Crippen molar-refractivity contribution in [3.63, 3.8) is 0 Å². The fraction of sp³-hybridized carbons (Fsp3) is 0. The number of nitrogens with one attached hydrogen (secondary N) is 1. The van der Waals surface area contributed by atoms with Crippen LogP contribution in [0.25, 0.3) is 0 Å². The van der Waals surface area contributed by atoms with Gasteiger partial charge in [0.15, 0.2) is 6.29 Å². The molecular weight excluding hydrogens is 254 g/mol. The molecule has 0 bridgehead atoms. The van der Waals surface area contributed by atoms with Crippen LogP contribution in [0.1, 0.15) is 10.5 Å². The van der Waals surface area contributed by atoms with Gasteiger partial charge in [0.25, 0.3) is 0 Å². The highest BCUT2D eigenvalue weighted by atomic mass is 127. The molecule has 0 unspecified atom stereocenters. The Kier molecular flexibility index (Phi) is 3.79. The number of aromatic amines is 1. The average molecular weight is 258 g/mol. The van der Waals surface area contributed by atoms with Crippen LogP contribution in [-0.2, 0) is 0 Å². The summed E-state index contributed by atoms with van der Waals surface area (Å²) in [5.74, 6) is 0. The second-order valence-corrected chi connectivity index (χ2v) is 2.41. The molecule has 0 atom stereocenters. The summed E-state index contributed by atoms with van der Waals surface area (Å²) in [4.78, 5) is 10.0. The Bertz CT molecular complexity index is 200. The van der Waals surface area contributed by atoms with Gasteiger partial charge in [0.2, 0.25) is 0 Å². The summed E-state index contributed by atoms with van der Waals surface area (Å²) in [7, 11) is 0. The predicted octanol–water partition coefficient (Wildman–Crippen LogP) is 1.25. The predicted molar refractivity (Wildman–Crippen MR) is 43.9 cm³/mol. The third-order valence-electron chi connectivity index (χ3n) is 0.738. The molecule has 1 N–H and O–H groups in total. The largest absolute Gasteiger partial charge is 0.296 e. The molecule has 0 aliphatic rings. The van der Waals surface area contributed by atoms with Crippen LogP contribution in [-0.4, -0.2) is 16.5 Å². The molecule has 5 heteroatoms. The molecule has 0 saturated heterocycles. The second-order valence-electron chi connectivity index (χ2n) is 1.25. The van der Waals surface area contributed by atoms with Crippen LogP contribution in [0.3, 0.4) is 0 Å². The first-order chi connectivity index (χ1) is 3.84. The van der Waals surface area contributed by atoms with Crippen LogP contribution in [0.4, 0.5) is 0 Å². The number of halogens is 2. The third kappa shape index (κ3) is 1.94. The van der Waals surface area contributed by atoms with E-state index in [4.69, 9.17) is 0 Å². The fourth-order valence-corrected chi connectivity index (χ4v) is 0.751. The zero-order valence-electron chi connectivity index (χ0n) is 4.30. The molecule has 1 aromatic rings. The van der Waals surface area contributed by atoms with Gasteiger partial charge >= 0.3 is 0 Å². The van der Waals surface area contributed by atoms with Gasteiger partial charge in [0.1, 0.15) is 5.69 Å². The van der Waals surface area contributed by atoms with E-state index in [1.54, 1.807) is 6.20 Å². The van der Waals surface area contributed by atoms with Crippen molar-refractivity contribution in [3.8, 4) is 0 Å². The van der Waals surface area contributed by atoms with Crippen molar-refractivity contribution in [1.29, 1.82) is 0 Å². The molecule has 1 aromatic heterocycles. The van der Waals surface area contributed by atoms with Crippen LogP contribution < -0.4 is 0 Å². The number of carbonyl (C=O) groups excluding carboxylic acids is 1. The van der Waals surface area contributed by atoms with Gasteiger partial charge in [-0.3, -0.25) is 9.89 Å². The molecular formula is C4H4ClIN2O. The minimum atomic E-state index is 0. The Hall–Kier alpha value is -0.100. The Balaban J connectivity index is 0.000000640. The van der Waals surface area contributed by atoms with Gasteiger partial charge in [-0.15, -0.1) is 12.4 Å². The molecule has 0 fully saturated rings. The Morgan fingerprint density at radius 2 is 2.44 bits per heavy atom. The first-order valence-corrected chi connectivity index (χ1v) is 3.06. The van der Waals surface area contributed by atoms with E-state index in [-0.39, 0.29) is 12.4 Å². The monoisotopic (exact) mass is 258 g/mol. The molecule has 50 valence electrons. The van der Waals surface area contributed by atoms with Crippen molar-refractivity contribution in [1.82, 2.24) is 10.2 Å². The molecule has 0 aromatic carbocycles. The first kappa shape index (κ1) is 8.90. The molecule has 0 amide bonds. The number of nitrogens with zero attached hydrogens (tertiary/aromatic N) is 1. The molecule has 0 spiro atoms. The summed E-state index contributed by atoms with van der Waals surface area (Å²) in [6, 6.07) is 0. The van der Waals surface area contributed by atoms with Crippen molar-refractivity contribution < 1.29 is 4.79 Å². The van der Waals surface area contributed by atoms with Crippen molar-refractivity contribution in [3.05, 3.63) is 15.5 Å². The van der Waals surface area contributed by atoms with E-state index in [1.807, 2.05) is 22.6 Å². The van der Waals surface area contributed by atoms with Gasteiger partial charge in [-0.2, -0.15) is 5.10 Å². The van der Waals surface area contributed by atoms with Gasteiger partial charge in [-0.05, 0) is 22.6 Å². The standard InChI is InChI=1S/C4H3IN2O.ClH/c5-3-1-6-7-4(3)2-8;/h1-2H,(H,6,7);1H. The molecule has 0 saturated carbocycles. The van der Waals surface area contributed by atoms with Crippen molar-refractivity contribution in [2.24, 2.45) is 0 Å². The average Bonchev–Trinajstić information content (AvgIpc) is 2.14. The molecule has 3 nitrogen and oxygen atoms in total. The van der Waals surface area contributed by atoms with Gasteiger partial charge in [0, 0.05) is 0 Å². The van der Waals surface area contributed by atoms with Crippen molar-refractivity contribution in [2.45, 2.75) is 0 Å². The van der Waals surface area contributed by atoms with E-state index in [2.05, 4.69) is 10.2 Å². The number of hydrogen-bond donors (Lipinski definition) is 1. The minimum Gasteiger partial charge on any atom is -0.296 e. The number of H-pyrrole nitrogens is 1. The highest BCUT2D eigenvalue weighted by molar-refractivity contribution is 14.1. The molecule has 1 rings (SSSR count). The lowest BCUT2D eigenvalue weighted by Gasteiger charge is -1.76. The lowest BCUT2D eigenvalue weighted by molar-refractivity contribution is 0.111. The molecule has 0 aliphatic heterocycles. The molecule has 0 aliphatic carbocycles. The third-order valence-corrected chi connectivity index (χ3v) is 1.60. The van der Waals surface area contributed by atoms with E-state index in [9.17, 15) is 4.79 Å². The van der Waals surface area contributed by atoms with Crippen LogP contribution in [0, 0.1) is 3.57 Å². The Labute approximate surface area is 71.8 Å². The molecule has 1 heterocycles. The maximum absolute atomic E-state index is 10.0. The number of carbonyl (C=O) groups is 1. The SMILES string of the molecule is Cl.O=Cc1[nH]ncc1I. The first-order valence-electron chi connectivity index (χ1n) is 1.98. The van der Waals surface area contributed by atoms with Crippen LogP contribution in [0.5, 0.6) is 0 Å². The maximum atomic E-state index is 10.0. The van der Waals surface area contributed by atoms with Gasteiger partial charge < -0.3 is 0 Å². The second kappa shape index (κ2) is 3.84. The normalized spacial score (nSPS) is 8.11. The topological polar surface area (TPSA) is 45.8 Å². The highest BCUT2D eigenvalue weighted by Crippen LogP contribution is 2.03. The highest BCUT2D eigenvalue weighted by Gasteiger charge is 1.95. The number of rotatable bonds is 1. The van der Waals surface area contributed by atoms with Crippen molar-refractivity contribution in [2.75, 3.05) is 0 Å².